The number of carbonyl (C=O) groups is 1. The van der Waals surface area contributed by atoms with Crippen molar-refractivity contribution in [3.05, 3.63) is 198 Å². The van der Waals surface area contributed by atoms with E-state index >= 15 is 0 Å². The van der Waals surface area contributed by atoms with Crippen LogP contribution < -0.4 is 10.1 Å². The second-order valence-electron chi connectivity index (χ2n) is 11.2. The maximum atomic E-state index is 13.0. The summed E-state index contributed by atoms with van der Waals surface area (Å²) < 4.78 is 6.00. The third-order valence-corrected chi connectivity index (χ3v) is 8.62. The number of hydrogen-bond acceptors (Lipinski definition) is 2. The summed E-state index contributed by atoms with van der Waals surface area (Å²) in [5.41, 5.74) is 5.23. The van der Waals surface area contributed by atoms with Crippen LogP contribution in [-0.2, 0) is 16.8 Å². The molecule has 0 atom stereocenters. The summed E-state index contributed by atoms with van der Waals surface area (Å²) in [5, 5.41) is 7.70. The van der Waals surface area contributed by atoms with Gasteiger partial charge in [0, 0.05) is 6.54 Å². The summed E-state index contributed by atoms with van der Waals surface area (Å²) >= 11 is 0. The Morgan fingerprint density at radius 3 is 1.42 bits per heavy atom. The standard InChI is InChI=1S/C42H33NO2/c44-41(43-29-40-38-22-12-10-14-31(38)28-32-15-11-13-23-39(32)40)30-45-37-26-24-36(25-27-37)42(33-16-4-1-5-17-33,34-18-6-2-7-19-34)35-20-8-3-9-21-35/h1-28H,29-30H2,(H,43,44). The van der Waals surface area contributed by atoms with E-state index in [1.807, 2.05) is 36.4 Å². The summed E-state index contributed by atoms with van der Waals surface area (Å²) in [7, 11) is 0. The lowest BCUT2D eigenvalue weighted by Gasteiger charge is -2.36. The number of ether oxygens (including phenoxy) is 1. The summed E-state index contributed by atoms with van der Waals surface area (Å²) in [6, 6.07) is 58.8. The van der Waals surface area contributed by atoms with Crippen LogP contribution in [0.15, 0.2) is 170 Å². The number of hydrogen-bond donors (Lipinski definition) is 1. The quantitative estimate of drug-likeness (QED) is 0.136. The number of carbonyl (C=O) groups excluding carboxylic acids is 1. The average Bonchev–Trinajstić information content (AvgIpc) is 3.11. The fourth-order valence-corrected chi connectivity index (χ4v) is 6.55. The van der Waals surface area contributed by atoms with Crippen molar-refractivity contribution in [2.45, 2.75) is 12.0 Å². The van der Waals surface area contributed by atoms with E-state index in [4.69, 9.17) is 4.74 Å². The molecule has 7 aromatic rings. The molecule has 0 aliphatic heterocycles. The molecule has 0 saturated carbocycles. The van der Waals surface area contributed by atoms with E-state index in [9.17, 15) is 4.79 Å². The van der Waals surface area contributed by atoms with Gasteiger partial charge in [-0.05, 0) is 67.6 Å². The van der Waals surface area contributed by atoms with Gasteiger partial charge in [-0.15, -0.1) is 0 Å². The number of rotatable bonds is 9. The van der Waals surface area contributed by atoms with Crippen molar-refractivity contribution in [2.24, 2.45) is 0 Å². The van der Waals surface area contributed by atoms with Crippen LogP contribution in [0.1, 0.15) is 27.8 Å². The molecular weight excluding hydrogens is 550 g/mol. The van der Waals surface area contributed by atoms with Crippen LogP contribution in [0.4, 0.5) is 0 Å². The lowest BCUT2D eigenvalue weighted by Crippen LogP contribution is -2.31. The van der Waals surface area contributed by atoms with Crippen molar-refractivity contribution in [1.29, 1.82) is 0 Å². The van der Waals surface area contributed by atoms with Crippen LogP contribution in [0.3, 0.4) is 0 Å². The van der Waals surface area contributed by atoms with Crippen LogP contribution in [0, 0.1) is 0 Å². The molecule has 3 heteroatoms. The van der Waals surface area contributed by atoms with Crippen molar-refractivity contribution in [3.8, 4) is 5.75 Å². The van der Waals surface area contributed by atoms with E-state index < -0.39 is 5.41 Å². The first kappa shape index (κ1) is 28.1. The first-order valence-electron chi connectivity index (χ1n) is 15.3. The van der Waals surface area contributed by atoms with Crippen molar-refractivity contribution in [1.82, 2.24) is 5.32 Å². The molecule has 0 heterocycles. The first-order valence-corrected chi connectivity index (χ1v) is 15.3. The zero-order valence-corrected chi connectivity index (χ0v) is 24.9. The number of nitrogens with one attached hydrogen (secondary N) is 1. The highest BCUT2D eigenvalue weighted by molar-refractivity contribution is 6.02. The Labute approximate surface area is 263 Å². The molecule has 1 amide bonds. The monoisotopic (exact) mass is 583 g/mol. The molecule has 0 saturated heterocycles. The van der Waals surface area contributed by atoms with Gasteiger partial charge < -0.3 is 10.1 Å². The minimum Gasteiger partial charge on any atom is -0.484 e. The normalized spacial score (nSPS) is 11.4. The molecule has 0 aromatic heterocycles. The molecule has 0 unspecified atom stereocenters. The van der Waals surface area contributed by atoms with Crippen molar-refractivity contribution in [2.75, 3.05) is 6.61 Å². The van der Waals surface area contributed by atoms with Crippen LogP contribution in [0.25, 0.3) is 21.5 Å². The molecular formula is C42H33NO2. The Morgan fingerprint density at radius 2 is 0.933 bits per heavy atom. The molecule has 0 spiro atoms. The zero-order chi connectivity index (χ0) is 30.5. The molecule has 45 heavy (non-hydrogen) atoms. The smallest absolute Gasteiger partial charge is 0.258 e. The van der Waals surface area contributed by atoms with Gasteiger partial charge in [0.25, 0.3) is 5.91 Å². The minimum atomic E-state index is -0.527. The van der Waals surface area contributed by atoms with E-state index in [0.29, 0.717) is 12.3 Å². The Bertz CT molecular complexity index is 1900. The SMILES string of the molecule is O=C(COc1ccc(C(c2ccccc2)(c2ccccc2)c2ccccc2)cc1)NCc1c2ccccc2cc2ccccc12. The topological polar surface area (TPSA) is 38.3 Å². The zero-order valence-electron chi connectivity index (χ0n) is 24.9. The van der Waals surface area contributed by atoms with E-state index in [-0.39, 0.29) is 12.5 Å². The molecule has 0 aliphatic carbocycles. The minimum absolute atomic E-state index is 0.0662. The highest BCUT2D eigenvalue weighted by Crippen LogP contribution is 2.45. The van der Waals surface area contributed by atoms with E-state index in [1.54, 1.807) is 0 Å². The maximum Gasteiger partial charge on any atom is 0.258 e. The Hall–Kier alpha value is -5.67. The van der Waals surface area contributed by atoms with E-state index in [2.05, 4.69) is 139 Å². The van der Waals surface area contributed by atoms with Crippen LogP contribution in [0.2, 0.25) is 0 Å². The predicted molar refractivity (Wildman–Crippen MR) is 184 cm³/mol. The Kier molecular flexibility index (Phi) is 7.82. The second-order valence-corrected chi connectivity index (χ2v) is 11.2. The van der Waals surface area contributed by atoms with E-state index in [1.165, 1.54) is 16.7 Å². The highest BCUT2D eigenvalue weighted by atomic mass is 16.5. The van der Waals surface area contributed by atoms with Gasteiger partial charge in [-0.1, -0.05) is 152 Å². The van der Waals surface area contributed by atoms with Crippen LogP contribution >= 0.6 is 0 Å². The fraction of sp³-hybridized carbons (Fsp3) is 0.0714. The van der Waals surface area contributed by atoms with Gasteiger partial charge in [0.2, 0.25) is 0 Å². The molecule has 7 aromatic carbocycles. The Balaban J connectivity index is 1.14. The number of benzene rings is 7. The van der Waals surface area contributed by atoms with Crippen molar-refractivity contribution < 1.29 is 9.53 Å². The molecule has 0 fully saturated rings. The van der Waals surface area contributed by atoms with E-state index in [0.717, 1.165) is 32.7 Å². The summed E-state index contributed by atoms with van der Waals surface area (Å²) in [5.74, 6) is 0.482. The van der Waals surface area contributed by atoms with Crippen molar-refractivity contribution >= 4 is 27.5 Å². The summed E-state index contributed by atoms with van der Waals surface area (Å²) in [4.78, 5) is 13.0. The van der Waals surface area contributed by atoms with Crippen LogP contribution in [-0.4, -0.2) is 12.5 Å². The van der Waals surface area contributed by atoms with Crippen LogP contribution in [0.5, 0.6) is 5.75 Å². The second kappa shape index (κ2) is 12.5. The van der Waals surface area contributed by atoms with Gasteiger partial charge in [-0.25, -0.2) is 0 Å². The largest absolute Gasteiger partial charge is 0.484 e. The first-order chi connectivity index (χ1) is 22.2. The third-order valence-electron chi connectivity index (χ3n) is 8.62. The lowest BCUT2D eigenvalue weighted by atomic mass is 9.65. The Morgan fingerprint density at radius 1 is 0.511 bits per heavy atom. The molecule has 1 N–H and O–H groups in total. The molecule has 0 bridgehead atoms. The molecule has 3 nitrogen and oxygen atoms in total. The highest BCUT2D eigenvalue weighted by Gasteiger charge is 2.38. The lowest BCUT2D eigenvalue weighted by molar-refractivity contribution is -0.123. The van der Waals surface area contributed by atoms with Gasteiger partial charge in [0.05, 0.1) is 5.41 Å². The average molecular weight is 584 g/mol. The number of amides is 1. The molecule has 0 aliphatic rings. The summed E-state index contributed by atoms with van der Waals surface area (Å²) in [6.07, 6.45) is 0. The molecule has 218 valence electrons. The van der Waals surface area contributed by atoms with Gasteiger partial charge >= 0.3 is 0 Å². The van der Waals surface area contributed by atoms with Gasteiger partial charge in [-0.2, -0.15) is 0 Å². The fourth-order valence-electron chi connectivity index (χ4n) is 6.55. The molecule has 7 rings (SSSR count). The van der Waals surface area contributed by atoms with Gasteiger partial charge in [0.1, 0.15) is 5.75 Å². The maximum absolute atomic E-state index is 13.0. The summed E-state index contributed by atoms with van der Waals surface area (Å²) in [6.45, 7) is 0.361. The van der Waals surface area contributed by atoms with Crippen molar-refractivity contribution in [3.63, 3.8) is 0 Å². The number of fused-ring (bicyclic) bond motifs is 2. The molecule has 0 radical (unpaired) electrons. The predicted octanol–water partition coefficient (Wildman–Crippen LogP) is 9.07. The van der Waals surface area contributed by atoms with Gasteiger partial charge in [-0.3, -0.25) is 4.79 Å². The third kappa shape index (κ3) is 5.45. The van der Waals surface area contributed by atoms with Gasteiger partial charge in [0.15, 0.2) is 6.61 Å².